The van der Waals surface area contributed by atoms with Crippen LogP contribution in [0.5, 0.6) is 0 Å². The Balaban J connectivity index is 3.90. The minimum Gasteiger partial charge on any atom is -0.303 e. The van der Waals surface area contributed by atoms with E-state index in [0.29, 0.717) is 0 Å². The van der Waals surface area contributed by atoms with Gasteiger partial charge in [0.25, 0.3) is 0 Å². The summed E-state index contributed by atoms with van der Waals surface area (Å²) in [6.07, 6.45) is 7.59. The van der Waals surface area contributed by atoms with Gasteiger partial charge in [0.2, 0.25) is 0 Å². The van der Waals surface area contributed by atoms with Crippen molar-refractivity contribution in [3.05, 3.63) is 0 Å². The van der Waals surface area contributed by atoms with E-state index < -0.39 is 7.82 Å². The van der Waals surface area contributed by atoms with Crippen LogP contribution in [0.1, 0.15) is 65.2 Å². The Hall–Kier alpha value is 0.110. The molecule has 0 bridgehead atoms. The van der Waals surface area contributed by atoms with Gasteiger partial charge in [0.1, 0.15) is 0 Å². The van der Waals surface area contributed by atoms with Crippen LogP contribution in [0.3, 0.4) is 0 Å². The highest BCUT2D eigenvalue weighted by Gasteiger charge is 2.21. The Morgan fingerprint density at radius 2 is 1.44 bits per heavy atom. The van der Waals surface area contributed by atoms with Gasteiger partial charge in [0, 0.05) is 0 Å². The molecule has 16 heavy (non-hydrogen) atoms. The third kappa shape index (κ3) is 10.6. The standard InChI is InChI=1S/C11H25O4P/c1-3-5-7-9-11(10-8-6-4-2)15-16(12,13)14/h11H,3-10H2,1-2H3,(H2,12,13,14). The van der Waals surface area contributed by atoms with Crippen LogP contribution >= 0.6 is 7.82 Å². The third-order valence-electron chi connectivity index (χ3n) is 2.55. The molecule has 98 valence electrons. The number of hydrogen-bond acceptors (Lipinski definition) is 2. The lowest BCUT2D eigenvalue weighted by molar-refractivity contribution is 0.116. The van der Waals surface area contributed by atoms with E-state index in [9.17, 15) is 4.57 Å². The number of rotatable bonds is 10. The summed E-state index contributed by atoms with van der Waals surface area (Å²) in [6, 6.07) is 0. The Morgan fingerprint density at radius 3 is 1.75 bits per heavy atom. The van der Waals surface area contributed by atoms with Crippen LogP contribution in [-0.2, 0) is 9.09 Å². The Bertz CT molecular complexity index is 192. The van der Waals surface area contributed by atoms with Gasteiger partial charge in [-0.25, -0.2) is 4.57 Å². The molecule has 0 aromatic heterocycles. The van der Waals surface area contributed by atoms with Crippen LogP contribution in [-0.4, -0.2) is 15.9 Å². The molecule has 0 saturated carbocycles. The first-order valence-corrected chi connectivity index (χ1v) is 7.76. The van der Waals surface area contributed by atoms with Gasteiger partial charge in [0.15, 0.2) is 0 Å². The van der Waals surface area contributed by atoms with Crippen LogP contribution < -0.4 is 0 Å². The van der Waals surface area contributed by atoms with Crippen LogP contribution in [0, 0.1) is 0 Å². The summed E-state index contributed by atoms with van der Waals surface area (Å²) in [6.45, 7) is 4.21. The maximum Gasteiger partial charge on any atom is 0.469 e. The second kappa shape index (κ2) is 9.17. The van der Waals surface area contributed by atoms with E-state index in [1.807, 2.05) is 0 Å². The average molecular weight is 252 g/mol. The molecule has 0 fully saturated rings. The molecule has 0 aliphatic heterocycles. The molecular formula is C11H25O4P. The molecule has 0 rings (SSSR count). The van der Waals surface area contributed by atoms with E-state index in [0.717, 1.165) is 51.4 Å². The lowest BCUT2D eigenvalue weighted by atomic mass is 10.0. The van der Waals surface area contributed by atoms with Crippen LogP contribution in [0.15, 0.2) is 0 Å². The normalized spacial score (nSPS) is 12.3. The van der Waals surface area contributed by atoms with Crippen molar-refractivity contribution in [2.75, 3.05) is 0 Å². The fourth-order valence-corrected chi connectivity index (χ4v) is 2.29. The zero-order valence-electron chi connectivity index (χ0n) is 10.4. The van der Waals surface area contributed by atoms with Gasteiger partial charge < -0.3 is 9.79 Å². The molecule has 2 N–H and O–H groups in total. The summed E-state index contributed by atoms with van der Waals surface area (Å²) in [5, 5.41) is 0. The summed E-state index contributed by atoms with van der Waals surface area (Å²) in [7, 11) is -4.32. The molecule has 0 aliphatic carbocycles. The summed E-state index contributed by atoms with van der Waals surface area (Å²) in [5.41, 5.74) is 0. The first kappa shape index (κ1) is 16.1. The molecule has 4 nitrogen and oxygen atoms in total. The molecule has 0 saturated heterocycles. The zero-order chi connectivity index (χ0) is 12.4. The van der Waals surface area contributed by atoms with Crippen LogP contribution in [0.25, 0.3) is 0 Å². The quantitative estimate of drug-likeness (QED) is 0.460. The van der Waals surface area contributed by atoms with Gasteiger partial charge in [-0.3, -0.25) is 4.52 Å². The maximum absolute atomic E-state index is 10.8. The Kier molecular flexibility index (Phi) is 9.24. The van der Waals surface area contributed by atoms with Gasteiger partial charge in [-0.1, -0.05) is 52.4 Å². The molecule has 0 radical (unpaired) electrons. The SMILES string of the molecule is CCCCCC(CCCCC)OP(=O)(O)O. The highest BCUT2D eigenvalue weighted by molar-refractivity contribution is 7.46. The van der Waals surface area contributed by atoms with Gasteiger partial charge >= 0.3 is 7.82 Å². The molecular weight excluding hydrogens is 227 g/mol. The van der Waals surface area contributed by atoms with Gasteiger partial charge in [0.05, 0.1) is 6.10 Å². The van der Waals surface area contributed by atoms with Crippen molar-refractivity contribution in [3.8, 4) is 0 Å². The first-order chi connectivity index (χ1) is 7.49. The van der Waals surface area contributed by atoms with E-state index in [4.69, 9.17) is 14.3 Å². The van der Waals surface area contributed by atoms with Gasteiger partial charge in [-0.15, -0.1) is 0 Å². The van der Waals surface area contributed by atoms with E-state index in [2.05, 4.69) is 13.8 Å². The maximum atomic E-state index is 10.8. The minimum atomic E-state index is -4.32. The third-order valence-corrected chi connectivity index (χ3v) is 3.12. The molecule has 0 spiro atoms. The van der Waals surface area contributed by atoms with Crippen LogP contribution in [0.4, 0.5) is 0 Å². The minimum absolute atomic E-state index is 0.279. The number of phosphoric acid groups is 1. The Labute approximate surface area is 98.6 Å². The van der Waals surface area contributed by atoms with Crippen molar-refractivity contribution in [1.29, 1.82) is 0 Å². The molecule has 0 atom stereocenters. The topological polar surface area (TPSA) is 66.8 Å². The van der Waals surface area contributed by atoms with E-state index >= 15 is 0 Å². The lowest BCUT2D eigenvalue weighted by Crippen LogP contribution is -2.11. The second-order valence-corrected chi connectivity index (χ2v) is 5.40. The average Bonchev–Trinajstić information content (AvgIpc) is 2.16. The van der Waals surface area contributed by atoms with Crippen molar-refractivity contribution in [2.45, 2.75) is 71.3 Å². The predicted octanol–water partition coefficient (Wildman–Crippen LogP) is 3.62. The molecule has 0 heterocycles. The van der Waals surface area contributed by atoms with E-state index in [-0.39, 0.29) is 6.10 Å². The number of hydrogen-bond donors (Lipinski definition) is 2. The van der Waals surface area contributed by atoms with Crippen molar-refractivity contribution in [1.82, 2.24) is 0 Å². The zero-order valence-corrected chi connectivity index (χ0v) is 11.3. The first-order valence-electron chi connectivity index (χ1n) is 6.23. The molecule has 0 aromatic rings. The van der Waals surface area contributed by atoms with E-state index in [1.165, 1.54) is 0 Å². The largest absolute Gasteiger partial charge is 0.469 e. The second-order valence-electron chi connectivity index (χ2n) is 4.21. The highest BCUT2D eigenvalue weighted by atomic mass is 31.2. The molecule has 0 aromatic carbocycles. The fraction of sp³-hybridized carbons (Fsp3) is 1.00. The van der Waals surface area contributed by atoms with Crippen molar-refractivity contribution < 1.29 is 18.9 Å². The highest BCUT2D eigenvalue weighted by Crippen LogP contribution is 2.39. The van der Waals surface area contributed by atoms with Crippen molar-refractivity contribution in [3.63, 3.8) is 0 Å². The molecule has 5 heteroatoms. The van der Waals surface area contributed by atoms with Gasteiger partial charge in [-0.05, 0) is 12.8 Å². The number of unbranched alkanes of at least 4 members (excludes halogenated alkanes) is 4. The van der Waals surface area contributed by atoms with E-state index in [1.54, 1.807) is 0 Å². The Morgan fingerprint density at radius 1 is 1.00 bits per heavy atom. The molecule has 0 unspecified atom stereocenters. The van der Waals surface area contributed by atoms with Crippen LogP contribution in [0.2, 0.25) is 0 Å². The summed E-state index contributed by atoms with van der Waals surface area (Å²) >= 11 is 0. The summed E-state index contributed by atoms with van der Waals surface area (Å²) in [5.74, 6) is 0. The predicted molar refractivity (Wildman–Crippen MR) is 65.2 cm³/mol. The number of phosphoric ester groups is 1. The van der Waals surface area contributed by atoms with Gasteiger partial charge in [-0.2, -0.15) is 0 Å². The monoisotopic (exact) mass is 252 g/mol. The smallest absolute Gasteiger partial charge is 0.303 e. The van der Waals surface area contributed by atoms with Crippen molar-refractivity contribution >= 4 is 7.82 Å². The fourth-order valence-electron chi connectivity index (χ4n) is 1.69. The molecule has 0 amide bonds. The molecule has 0 aliphatic rings. The summed E-state index contributed by atoms with van der Waals surface area (Å²) in [4.78, 5) is 17.6. The lowest BCUT2D eigenvalue weighted by Gasteiger charge is -2.17. The van der Waals surface area contributed by atoms with Crippen molar-refractivity contribution in [2.24, 2.45) is 0 Å². The summed E-state index contributed by atoms with van der Waals surface area (Å²) < 4.78 is 15.6.